The summed E-state index contributed by atoms with van der Waals surface area (Å²) < 4.78 is 25.3. The highest BCUT2D eigenvalue weighted by molar-refractivity contribution is 7.91. The van der Waals surface area contributed by atoms with Crippen molar-refractivity contribution in [3.8, 4) is 0 Å². The fourth-order valence-electron chi connectivity index (χ4n) is 2.97. The maximum atomic E-state index is 12.5. The smallest absolute Gasteiger partial charge is 0.276 e. The Kier molecular flexibility index (Phi) is 4.88. The minimum atomic E-state index is -3.03. The zero-order valence-electron chi connectivity index (χ0n) is 14.1. The molecule has 1 aliphatic rings. The van der Waals surface area contributed by atoms with Gasteiger partial charge in [0.05, 0.1) is 17.5 Å². The van der Waals surface area contributed by atoms with Crippen molar-refractivity contribution in [1.29, 1.82) is 0 Å². The summed E-state index contributed by atoms with van der Waals surface area (Å²) in [5.41, 5.74) is 1.72. The second-order valence-corrected chi connectivity index (χ2v) is 9.24. The molecule has 0 bridgehead atoms. The number of rotatable bonds is 4. The summed E-state index contributed by atoms with van der Waals surface area (Å²) in [5, 5.41) is 7.70. The maximum Gasteiger partial charge on any atom is 0.276 e. The number of nitrogens with one attached hydrogen (secondary N) is 1. The summed E-state index contributed by atoms with van der Waals surface area (Å²) in [6, 6.07) is 8.39. The standard InChI is InChI=1S/C17H20ClN3O3S/c1-11(2)16-9-15(17(22)19-13-5-3-4-12(18)8-13)20-21(16)14-6-7-25(23,24)10-14/h3-5,8-9,11,14H,6-7,10H2,1-2H3,(H,19,22)/t14-/m1/s1. The van der Waals surface area contributed by atoms with Crippen LogP contribution in [0, 0.1) is 0 Å². The van der Waals surface area contributed by atoms with E-state index in [-0.39, 0.29) is 35.1 Å². The van der Waals surface area contributed by atoms with Crippen molar-refractivity contribution >= 4 is 33.0 Å². The van der Waals surface area contributed by atoms with Crippen LogP contribution in [0.4, 0.5) is 5.69 Å². The van der Waals surface area contributed by atoms with Gasteiger partial charge in [-0.2, -0.15) is 5.10 Å². The fourth-order valence-corrected chi connectivity index (χ4v) is 4.86. The number of carbonyl (C=O) groups is 1. The van der Waals surface area contributed by atoms with Gasteiger partial charge >= 0.3 is 0 Å². The third-order valence-electron chi connectivity index (χ3n) is 4.23. The number of benzene rings is 1. The van der Waals surface area contributed by atoms with E-state index in [0.29, 0.717) is 17.1 Å². The van der Waals surface area contributed by atoms with Crippen molar-refractivity contribution in [2.45, 2.75) is 32.2 Å². The van der Waals surface area contributed by atoms with E-state index in [0.717, 1.165) is 5.69 Å². The van der Waals surface area contributed by atoms with E-state index >= 15 is 0 Å². The van der Waals surface area contributed by atoms with Crippen LogP contribution in [-0.2, 0) is 9.84 Å². The number of aromatic nitrogens is 2. The zero-order chi connectivity index (χ0) is 18.2. The van der Waals surface area contributed by atoms with Gasteiger partial charge in [-0.25, -0.2) is 8.42 Å². The molecule has 2 heterocycles. The quantitative estimate of drug-likeness (QED) is 0.881. The van der Waals surface area contributed by atoms with Gasteiger partial charge in [0.25, 0.3) is 5.91 Å². The third-order valence-corrected chi connectivity index (χ3v) is 6.21. The molecule has 0 aliphatic carbocycles. The van der Waals surface area contributed by atoms with E-state index in [1.54, 1.807) is 35.0 Å². The van der Waals surface area contributed by atoms with E-state index < -0.39 is 9.84 Å². The Hall–Kier alpha value is -1.86. The highest BCUT2D eigenvalue weighted by atomic mass is 35.5. The molecule has 2 aromatic rings. The molecular formula is C17H20ClN3O3S. The van der Waals surface area contributed by atoms with Crippen LogP contribution in [-0.4, -0.2) is 35.6 Å². The number of halogens is 1. The maximum absolute atomic E-state index is 12.5. The lowest BCUT2D eigenvalue weighted by molar-refractivity contribution is 0.102. The van der Waals surface area contributed by atoms with E-state index in [2.05, 4.69) is 10.4 Å². The lowest BCUT2D eigenvalue weighted by atomic mass is 10.1. The van der Waals surface area contributed by atoms with Crippen LogP contribution < -0.4 is 5.32 Å². The van der Waals surface area contributed by atoms with Gasteiger partial charge in [0.1, 0.15) is 0 Å². The minimum Gasteiger partial charge on any atom is -0.321 e. The summed E-state index contributed by atoms with van der Waals surface area (Å²) in [6.07, 6.45) is 0.527. The van der Waals surface area contributed by atoms with Crippen LogP contribution in [0.2, 0.25) is 5.02 Å². The van der Waals surface area contributed by atoms with Crippen LogP contribution in [0.1, 0.15) is 48.4 Å². The molecule has 25 heavy (non-hydrogen) atoms. The summed E-state index contributed by atoms with van der Waals surface area (Å²) in [5.74, 6) is 0.0235. The van der Waals surface area contributed by atoms with Crippen molar-refractivity contribution in [3.63, 3.8) is 0 Å². The minimum absolute atomic E-state index is 0.0732. The first-order valence-corrected chi connectivity index (χ1v) is 10.3. The number of anilines is 1. The van der Waals surface area contributed by atoms with Crippen LogP contribution >= 0.6 is 11.6 Å². The Balaban J connectivity index is 1.87. The van der Waals surface area contributed by atoms with Crippen LogP contribution in [0.3, 0.4) is 0 Å². The number of nitrogens with zero attached hydrogens (tertiary/aromatic N) is 2. The van der Waals surface area contributed by atoms with Crippen molar-refractivity contribution in [1.82, 2.24) is 9.78 Å². The molecule has 0 unspecified atom stereocenters. The number of carbonyl (C=O) groups excluding carboxylic acids is 1. The highest BCUT2D eigenvalue weighted by Gasteiger charge is 2.32. The molecule has 134 valence electrons. The molecule has 1 aromatic carbocycles. The average molecular weight is 382 g/mol. The second-order valence-electron chi connectivity index (χ2n) is 6.58. The Morgan fingerprint density at radius 2 is 2.12 bits per heavy atom. The van der Waals surface area contributed by atoms with Gasteiger partial charge in [0.2, 0.25) is 0 Å². The van der Waals surface area contributed by atoms with Gasteiger partial charge < -0.3 is 5.32 Å². The lowest BCUT2D eigenvalue weighted by Gasteiger charge is -2.15. The molecule has 0 spiro atoms. The Labute approximate surface area is 152 Å². The summed E-state index contributed by atoms with van der Waals surface area (Å²) in [4.78, 5) is 12.5. The van der Waals surface area contributed by atoms with Gasteiger partial charge in [-0.3, -0.25) is 9.48 Å². The second kappa shape index (κ2) is 6.80. The molecular weight excluding hydrogens is 362 g/mol. The highest BCUT2D eigenvalue weighted by Crippen LogP contribution is 2.28. The molecule has 1 saturated heterocycles. The van der Waals surface area contributed by atoms with E-state index in [1.807, 2.05) is 13.8 Å². The van der Waals surface area contributed by atoms with Crippen molar-refractivity contribution < 1.29 is 13.2 Å². The van der Waals surface area contributed by atoms with Crippen molar-refractivity contribution in [2.24, 2.45) is 0 Å². The summed E-state index contributed by atoms with van der Waals surface area (Å²) in [7, 11) is -3.03. The molecule has 1 aliphatic heterocycles. The first kappa shape index (κ1) is 17.9. The fraction of sp³-hybridized carbons (Fsp3) is 0.412. The normalized spacial score (nSPS) is 19.3. The van der Waals surface area contributed by atoms with Crippen molar-refractivity contribution in [2.75, 3.05) is 16.8 Å². The molecule has 6 nitrogen and oxygen atoms in total. The number of sulfone groups is 1. The summed E-state index contributed by atoms with van der Waals surface area (Å²) in [6.45, 7) is 3.99. The van der Waals surface area contributed by atoms with Crippen molar-refractivity contribution in [3.05, 3.63) is 46.7 Å². The van der Waals surface area contributed by atoms with Gasteiger partial charge in [-0.05, 0) is 36.6 Å². The zero-order valence-corrected chi connectivity index (χ0v) is 15.6. The third kappa shape index (κ3) is 4.04. The number of amides is 1. The Morgan fingerprint density at radius 3 is 2.72 bits per heavy atom. The Morgan fingerprint density at radius 1 is 1.36 bits per heavy atom. The largest absolute Gasteiger partial charge is 0.321 e. The first-order valence-electron chi connectivity index (χ1n) is 8.12. The van der Waals surface area contributed by atoms with E-state index in [9.17, 15) is 13.2 Å². The van der Waals surface area contributed by atoms with E-state index in [4.69, 9.17) is 11.6 Å². The molecule has 1 atom stereocenters. The van der Waals surface area contributed by atoms with Gasteiger partial charge in [-0.1, -0.05) is 31.5 Å². The SMILES string of the molecule is CC(C)c1cc(C(=O)Nc2cccc(Cl)c2)nn1[C@@H]1CCS(=O)(=O)C1. The molecule has 1 aromatic heterocycles. The van der Waals surface area contributed by atoms with Crippen LogP contribution in [0.25, 0.3) is 0 Å². The molecule has 1 N–H and O–H groups in total. The Bertz CT molecular complexity index is 906. The number of hydrogen-bond donors (Lipinski definition) is 1. The van der Waals surface area contributed by atoms with Gasteiger partial charge in [0, 0.05) is 16.4 Å². The molecule has 0 radical (unpaired) electrons. The van der Waals surface area contributed by atoms with Gasteiger partial charge in [-0.15, -0.1) is 0 Å². The molecule has 1 amide bonds. The monoisotopic (exact) mass is 381 g/mol. The predicted octanol–water partition coefficient (Wildman–Crippen LogP) is 3.27. The molecule has 3 rings (SSSR count). The molecule has 8 heteroatoms. The molecule has 0 saturated carbocycles. The summed E-state index contributed by atoms with van der Waals surface area (Å²) >= 11 is 5.93. The van der Waals surface area contributed by atoms with Crippen LogP contribution in [0.15, 0.2) is 30.3 Å². The lowest BCUT2D eigenvalue weighted by Crippen LogP contribution is -2.17. The molecule has 1 fully saturated rings. The van der Waals surface area contributed by atoms with E-state index in [1.165, 1.54) is 0 Å². The van der Waals surface area contributed by atoms with Gasteiger partial charge in [0.15, 0.2) is 15.5 Å². The predicted molar refractivity (Wildman–Crippen MR) is 98.0 cm³/mol. The average Bonchev–Trinajstić information content (AvgIpc) is 3.10. The van der Waals surface area contributed by atoms with Crippen LogP contribution in [0.5, 0.6) is 0 Å². The first-order chi connectivity index (χ1) is 11.7. The topological polar surface area (TPSA) is 81.1 Å². The number of hydrogen-bond acceptors (Lipinski definition) is 4.